The number of hydrogen-bond acceptors (Lipinski definition) is 5. The van der Waals surface area contributed by atoms with Crippen LogP contribution in [0.4, 0.5) is 0 Å². The maximum absolute atomic E-state index is 12.5. The third kappa shape index (κ3) is 4.50. The summed E-state index contributed by atoms with van der Waals surface area (Å²) in [5.41, 5.74) is 8.84. The van der Waals surface area contributed by atoms with E-state index >= 15 is 0 Å². The molecular weight excluding hydrogens is 364 g/mol. The summed E-state index contributed by atoms with van der Waals surface area (Å²) in [6.07, 6.45) is 5.78. The summed E-state index contributed by atoms with van der Waals surface area (Å²) in [6.45, 7) is 2.30. The fourth-order valence-corrected chi connectivity index (χ4v) is 3.78. The lowest BCUT2D eigenvalue weighted by molar-refractivity contribution is -0.157. The Morgan fingerprint density at radius 1 is 1.10 bits per heavy atom. The molecule has 1 aromatic carbocycles. The van der Waals surface area contributed by atoms with Gasteiger partial charge in [0.25, 0.3) is 5.91 Å². The van der Waals surface area contributed by atoms with Crippen molar-refractivity contribution in [3.05, 3.63) is 84.4 Å². The third-order valence-corrected chi connectivity index (χ3v) is 5.24. The lowest BCUT2D eigenvalue weighted by Crippen LogP contribution is -2.59. The van der Waals surface area contributed by atoms with Crippen LogP contribution >= 0.6 is 0 Å². The highest BCUT2D eigenvalue weighted by atomic mass is 16.5. The zero-order valence-corrected chi connectivity index (χ0v) is 16.2. The van der Waals surface area contributed by atoms with Gasteiger partial charge in [0.15, 0.2) is 5.60 Å². The number of rotatable bonds is 6. The van der Waals surface area contributed by atoms with Crippen molar-refractivity contribution in [2.45, 2.75) is 18.6 Å². The van der Waals surface area contributed by atoms with E-state index in [9.17, 15) is 4.79 Å². The minimum absolute atomic E-state index is 0.426. The lowest BCUT2D eigenvalue weighted by atomic mass is 9.90. The molecule has 3 aromatic rings. The van der Waals surface area contributed by atoms with Gasteiger partial charge in [0.05, 0.1) is 12.3 Å². The highest BCUT2D eigenvalue weighted by Gasteiger charge is 2.42. The van der Waals surface area contributed by atoms with Gasteiger partial charge in [-0.05, 0) is 34.9 Å². The molecule has 1 amide bonds. The Morgan fingerprint density at radius 3 is 2.76 bits per heavy atom. The van der Waals surface area contributed by atoms with Crippen molar-refractivity contribution < 1.29 is 9.53 Å². The van der Waals surface area contributed by atoms with Gasteiger partial charge in [0.2, 0.25) is 0 Å². The molecule has 6 heteroatoms. The molecule has 1 fully saturated rings. The molecule has 1 atom stereocenters. The second kappa shape index (κ2) is 8.51. The van der Waals surface area contributed by atoms with E-state index in [0.717, 1.165) is 28.9 Å². The van der Waals surface area contributed by atoms with Gasteiger partial charge in [0, 0.05) is 44.6 Å². The number of carbonyl (C=O) groups is 1. The Morgan fingerprint density at radius 2 is 2.00 bits per heavy atom. The summed E-state index contributed by atoms with van der Waals surface area (Å²) in [7, 11) is 0. The van der Waals surface area contributed by atoms with Gasteiger partial charge in [-0.25, -0.2) is 0 Å². The molecule has 1 unspecified atom stereocenters. The molecule has 6 nitrogen and oxygen atoms in total. The zero-order valence-electron chi connectivity index (χ0n) is 16.2. The second-order valence-corrected chi connectivity index (χ2v) is 7.36. The van der Waals surface area contributed by atoms with E-state index in [-0.39, 0.29) is 0 Å². The largest absolute Gasteiger partial charge is 0.367 e. The molecule has 3 heterocycles. The van der Waals surface area contributed by atoms with Gasteiger partial charge in [0.1, 0.15) is 0 Å². The van der Waals surface area contributed by atoms with Crippen LogP contribution in [-0.2, 0) is 22.5 Å². The molecule has 4 rings (SSSR count). The molecule has 148 valence electrons. The van der Waals surface area contributed by atoms with E-state index in [2.05, 4.69) is 20.9 Å². The van der Waals surface area contributed by atoms with Crippen LogP contribution in [0.1, 0.15) is 11.3 Å². The number of carbonyl (C=O) groups excluding carboxylic acids is 1. The van der Waals surface area contributed by atoms with Crippen LogP contribution in [0.25, 0.3) is 11.1 Å². The normalized spacial score (nSPS) is 19.7. The van der Waals surface area contributed by atoms with Crippen molar-refractivity contribution >= 4 is 5.91 Å². The van der Waals surface area contributed by atoms with Crippen LogP contribution in [0.3, 0.4) is 0 Å². The number of amides is 1. The Labute approximate surface area is 170 Å². The predicted molar refractivity (Wildman–Crippen MR) is 111 cm³/mol. The smallest absolute Gasteiger partial charge is 0.251 e. The number of primary amides is 1. The number of aromatic nitrogens is 2. The first-order valence-corrected chi connectivity index (χ1v) is 9.70. The topological polar surface area (TPSA) is 81.3 Å². The fraction of sp³-hybridized carbons (Fsp3) is 0.261. The molecule has 1 aliphatic heterocycles. The number of nitrogens with two attached hydrogens (primary N) is 1. The van der Waals surface area contributed by atoms with Crippen LogP contribution in [-0.4, -0.2) is 46.1 Å². The van der Waals surface area contributed by atoms with E-state index < -0.39 is 11.5 Å². The first kappa shape index (κ1) is 19.2. The minimum Gasteiger partial charge on any atom is -0.367 e. The Kier molecular flexibility index (Phi) is 5.64. The summed E-state index contributed by atoms with van der Waals surface area (Å²) in [4.78, 5) is 23.2. The number of ether oxygens (including phenoxy) is 1. The van der Waals surface area contributed by atoms with E-state index in [1.807, 2.05) is 54.7 Å². The first-order chi connectivity index (χ1) is 14.1. The fourth-order valence-electron chi connectivity index (χ4n) is 3.78. The molecule has 1 aliphatic rings. The predicted octanol–water partition coefficient (Wildman–Crippen LogP) is 2.44. The van der Waals surface area contributed by atoms with Gasteiger partial charge in [-0.15, -0.1) is 0 Å². The van der Waals surface area contributed by atoms with Crippen LogP contribution in [0.5, 0.6) is 0 Å². The van der Waals surface area contributed by atoms with E-state index in [1.54, 1.807) is 12.4 Å². The number of morpholine rings is 1. The van der Waals surface area contributed by atoms with Crippen molar-refractivity contribution in [3.8, 4) is 11.1 Å². The van der Waals surface area contributed by atoms with Crippen molar-refractivity contribution in [3.63, 3.8) is 0 Å². The molecule has 0 aliphatic carbocycles. The van der Waals surface area contributed by atoms with Crippen LogP contribution < -0.4 is 5.73 Å². The van der Waals surface area contributed by atoms with Crippen molar-refractivity contribution in [1.82, 2.24) is 14.9 Å². The second-order valence-electron chi connectivity index (χ2n) is 7.36. The molecule has 1 saturated heterocycles. The number of nitrogens with zero attached hydrogens (tertiary/aromatic N) is 3. The lowest BCUT2D eigenvalue weighted by Gasteiger charge is -2.40. The summed E-state index contributed by atoms with van der Waals surface area (Å²) < 4.78 is 6.00. The molecule has 2 aromatic heterocycles. The molecule has 2 N–H and O–H groups in total. The highest BCUT2D eigenvalue weighted by molar-refractivity contribution is 5.84. The van der Waals surface area contributed by atoms with Gasteiger partial charge < -0.3 is 10.5 Å². The standard InChI is InChI=1S/C23H24N4O2/c24-22(28)23(17-27(11-12-29-23)16-21-8-1-2-10-26-21)14-18-5-3-6-19(13-18)20-7-4-9-25-15-20/h1-10,13,15H,11-12,14,16-17H2,(H2,24,28). The summed E-state index contributed by atoms with van der Waals surface area (Å²) in [5.74, 6) is -0.435. The Balaban J connectivity index is 1.55. The molecule has 0 bridgehead atoms. The third-order valence-electron chi connectivity index (χ3n) is 5.24. The maximum Gasteiger partial charge on any atom is 0.251 e. The zero-order chi connectivity index (χ0) is 20.1. The van der Waals surface area contributed by atoms with Gasteiger partial charge in [-0.2, -0.15) is 0 Å². The van der Waals surface area contributed by atoms with Crippen molar-refractivity contribution in [2.75, 3.05) is 19.7 Å². The van der Waals surface area contributed by atoms with E-state index in [0.29, 0.717) is 26.1 Å². The summed E-state index contributed by atoms with van der Waals surface area (Å²) in [5, 5.41) is 0. The van der Waals surface area contributed by atoms with Crippen LogP contribution in [0.2, 0.25) is 0 Å². The van der Waals surface area contributed by atoms with E-state index in [1.165, 1.54) is 0 Å². The molecule has 29 heavy (non-hydrogen) atoms. The number of pyridine rings is 2. The van der Waals surface area contributed by atoms with Gasteiger partial charge in [-0.1, -0.05) is 36.4 Å². The SMILES string of the molecule is NC(=O)C1(Cc2cccc(-c3cccnc3)c2)CN(Cc2ccccn2)CCO1. The van der Waals surface area contributed by atoms with Gasteiger partial charge >= 0.3 is 0 Å². The Hall–Kier alpha value is -3.09. The minimum atomic E-state index is -1.05. The van der Waals surface area contributed by atoms with E-state index in [4.69, 9.17) is 10.5 Å². The number of benzene rings is 1. The molecule has 0 radical (unpaired) electrons. The maximum atomic E-state index is 12.5. The monoisotopic (exact) mass is 388 g/mol. The molecular formula is C23H24N4O2. The summed E-state index contributed by atoms with van der Waals surface area (Å²) >= 11 is 0. The number of hydrogen-bond donors (Lipinski definition) is 1. The highest BCUT2D eigenvalue weighted by Crippen LogP contribution is 2.27. The average molecular weight is 388 g/mol. The van der Waals surface area contributed by atoms with Crippen molar-refractivity contribution in [1.29, 1.82) is 0 Å². The summed E-state index contributed by atoms with van der Waals surface area (Å²) in [6, 6.07) is 17.9. The quantitative estimate of drug-likeness (QED) is 0.701. The van der Waals surface area contributed by atoms with Crippen molar-refractivity contribution in [2.24, 2.45) is 5.73 Å². The van der Waals surface area contributed by atoms with Crippen LogP contribution in [0.15, 0.2) is 73.2 Å². The molecule has 0 saturated carbocycles. The Bertz CT molecular complexity index is 965. The van der Waals surface area contributed by atoms with Crippen LogP contribution in [0, 0.1) is 0 Å². The first-order valence-electron chi connectivity index (χ1n) is 9.70. The van der Waals surface area contributed by atoms with Gasteiger partial charge in [-0.3, -0.25) is 19.7 Å². The molecule has 0 spiro atoms. The average Bonchev–Trinajstić information content (AvgIpc) is 2.75.